The number of hydrogen-bond acceptors (Lipinski definition) is 6. The van der Waals surface area contributed by atoms with Gasteiger partial charge in [-0.1, -0.05) is 30.0 Å². The molecular formula is C20H24N6OS. The molecule has 0 aliphatic carbocycles. The molecule has 0 spiro atoms. The Bertz CT molecular complexity index is 1010. The van der Waals surface area contributed by atoms with Crippen molar-refractivity contribution in [2.24, 2.45) is 5.73 Å². The zero-order valence-electron chi connectivity index (χ0n) is 16.1. The highest BCUT2D eigenvalue weighted by molar-refractivity contribution is 7.98. The normalized spacial score (nSPS) is 15.3. The Kier molecular flexibility index (Phi) is 5.32. The number of thioether (sulfide) groups is 1. The van der Waals surface area contributed by atoms with E-state index in [4.69, 9.17) is 5.73 Å². The fourth-order valence-electron chi connectivity index (χ4n) is 3.48. The molecule has 2 N–H and O–H groups in total. The maximum atomic E-state index is 13.0. The first-order chi connectivity index (χ1) is 13.5. The van der Waals surface area contributed by atoms with E-state index in [2.05, 4.69) is 15.1 Å². The molecule has 0 radical (unpaired) electrons. The summed E-state index contributed by atoms with van der Waals surface area (Å²) >= 11 is 1.52. The molecule has 8 heteroatoms. The number of aryl methyl sites for hydroxylation is 2. The highest BCUT2D eigenvalue weighted by Gasteiger charge is 2.23. The third-order valence-corrected chi connectivity index (χ3v) is 5.92. The molecule has 3 aromatic rings. The van der Waals surface area contributed by atoms with Gasteiger partial charge in [-0.05, 0) is 44.4 Å². The molecule has 1 aliphatic heterocycles. The number of aromatic nitrogens is 4. The molecule has 0 unspecified atom stereocenters. The van der Waals surface area contributed by atoms with E-state index in [0.29, 0.717) is 16.7 Å². The van der Waals surface area contributed by atoms with Gasteiger partial charge in [0.25, 0.3) is 11.7 Å². The Morgan fingerprint density at radius 3 is 2.75 bits per heavy atom. The molecule has 0 bridgehead atoms. The third kappa shape index (κ3) is 3.88. The van der Waals surface area contributed by atoms with Crippen LogP contribution in [0.1, 0.15) is 40.2 Å². The quantitative estimate of drug-likeness (QED) is 0.682. The van der Waals surface area contributed by atoms with E-state index in [-0.39, 0.29) is 11.9 Å². The number of amides is 1. The largest absolute Gasteiger partial charge is 0.339 e. The second kappa shape index (κ2) is 7.89. The van der Waals surface area contributed by atoms with Crippen molar-refractivity contribution >= 4 is 23.4 Å². The van der Waals surface area contributed by atoms with Crippen molar-refractivity contribution in [1.29, 1.82) is 0 Å². The number of hydrogen-bond donors (Lipinski definition) is 1. The Labute approximate surface area is 168 Å². The highest BCUT2D eigenvalue weighted by atomic mass is 32.2. The Morgan fingerprint density at radius 1 is 1.21 bits per heavy atom. The summed E-state index contributed by atoms with van der Waals surface area (Å²) < 4.78 is 1.75. The molecule has 1 aromatic carbocycles. The Hall–Kier alpha value is -2.45. The second-order valence-corrected chi connectivity index (χ2v) is 8.16. The summed E-state index contributed by atoms with van der Waals surface area (Å²) in [7, 11) is 0. The van der Waals surface area contributed by atoms with Crippen molar-refractivity contribution in [2.75, 3.05) is 13.1 Å². The van der Waals surface area contributed by atoms with Crippen molar-refractivity contribution in [3.8, 4) is 0 Å². The van der Waals surface area contributed by atoms with E-state index in [1.54, 1.807) is 4.52 Å². The van der Waals surface area contributed by atoms with Gasteiger partial charge in [0.1, 0.15) is 0 Å². The van der Waals surface area contributed by atoms with E-state index in [1.807, 2.05) is 49.1 Å². The average Bonchev–Trinajstić information content (AvgIpc) is 3.10. The molecule has 1 amide bonds. The molecule has 3 heterocycles. The van der Waals surface area contributed by atoms with Crippen molar-refractivity contribution in [3.63, 3.8) is 0 Å². The number of nitrogens with two attached hydrogens (primary N) is 1. The SMILES string of the molecule is Cc1cc(C)n2nc(SCc3ccccc3C(=O)N3CCC(N)CC3)nc2n1. The molecule has 1 fully saturated rings. The minimum absolute atomic E-state index is 0.0826. The van der Waals surface area contributed by atoms with E-state index in [9.17, 15) is 4.79 Å². The minimum atomic E-state index is 0.0826. The number of likely N-dealkylation sites (tertiary alicyclic amines) is 1. The molecule has 2 aromatic heterocycles. The van der Waals surface area contributed by atoms with E-state index in [0.717, 1.165) is 48.4 Å². The number of rotatable bonds is 4. The van der Waals surface area contributed by atoms with Gasteiger partial charge < -0.3 is 10.6 Å². The average molecular weight is 397 g/mol. The topological polar surface area (TPSA) is 89.4 Å². The monoisotopic (exact) mass is 396 g/mol. The summed E-state index contributed by atoms with van der Waals surface area (Å²) in [5, 5.41) is 5.20. The fourth-order valence-corrected chi connectivity index (χ4v) is 4.30. The van der Waals surface area contributed by atoms with Crippen LogP contribution in [0.25, 0.3) is 5.78 Å². The molecule has 1 aliphatic rings. The molecule has 28 heavy (non-hydrogen) atoms. The lowest BCUT2D eigenvalue weighted by molar-refractivity contribution is 0.0714. The van der Waals surface area contributed by atoms with Gasteiger partial charge >= 0.3 is 0 Å². The summed E-state index contributed by atoms with van der Waals surface area (Å²) in [6, 6.07) is 9.96. The fraction of sp³-hybridized carbons (Fsp3) is 0.400. The molecule has 0 saturated carbocycles. The number of carbonyl (C=O) groups is 1. The number of fused-ring (bicyclic) bond motifs is 1. The van der Waals surface area contributed by atoms with Crippen molar-refractivity contribution in [2.45, 2.75) is 43.6 Å². The van der Waals surface area contributed by atoms with Gasteiger partial charge in [-0.25, -0.2) is 9.50 Å². The summed E-state index contributed by atoms with van der Waals surface area (Å²) in [6.45, 7) is 5.38. The first-order valence-corrected chi connectivity index (χ1v) is 10.5. The van der Waals surface area contributed by atoms with Crippen molar-refractivity contribution in [3.05, 3.63) is 52.8 Å². The number of benzene rings is 1. The number of nitrogens with zero attached hydrogens (tertiary/aromatic N) is 5. The second-order valence-electron chi connectivity index (χ2n) is 7.22. The maximum Gasteiger partial charge on any atom is 0.254 e. The van der Waals surface area contributed by atoms with Crippen LogP contribution in [-0.2, 0) is 5.75 Å². The standard InChI is InChI=1S/C20H24N6OS/c1-13-11-14(2)26-19(22-13)23-20(24-26)28-12-15-5-3-4-6-17(15)18(27)25-9-7-16(21)8-10-25/h3-6,11,16H,7-10,12,21H2,1-2H3. The van der Waals surface area contributed by atoms with Crippen molar-refractivity contribution in [1.82, 2.24) is 24.5 Å². The molecule has 1 saturated heterocycles. The van der Waals surface area contributed by atoms with Crippen LogP contribution < -0.4 is 5.73 Å². The summed E-state index contributed by atoms with van der Waals surface area (Å²) in [6.07, 6.45) is 1.72. The smallest absolute Gasteiger partial charge is 0.254 e. The minimum Gasteiger partial charge on any atom is -0.339 e. The lowest BCUT2D eigenvalue weighted by Crippen LogP contribution is -2.43. The number of piperidine rings is 1. The molecule has 7 nitrogen and oxygen atoms in total. The van der Waals surface area contributed by atoms with Crippen LogP contribution in [0.5, 0.6) is 0 Å². The van der Waals surface area contributed by atoms with Crippen LogP contribution in [0.4, 0.5) is 0 Å². The van der Waals surface area contributed by atoms with Gasteiger partial charge in [-0.2, -0.15) is 4.98 Å². The van der Waals surface area contributed by atoms with Crippen LogP contribution in [0, 0.1) is 13.8 Å². The molecule has 4 rings (SSSR count). The van der Waals surface area contributed by atoms with Crippen LogP contribution in [-0.4, -0.2) is 49.5 Å². The van der Waals surface area contributed by atoms with E-state index < -0.39 is 0 Å². The maximum absolute atomic E-state index is 13.0. The Morgan fingerprint density at radius 2 is 1.96 bits per heavy atom. The van der Waals surface area contributed by atoms with E-state index >= 15 is 0 Å². The van der Waals surface area contributed by atoms with Crippen LogP contribution in [0.2, 0.25) is 0 Å². The third-order valence-electron chi connectivity index (χ3n) is 5.03. The first-order valence-electron chi connectivity index (χ1n) is 9.48. The lowest BCUT2D eigenvalue weighted by Gasteiger charge is -2.30. The summed E-state index contributed by atoms with van der Waals surface area (Å²) in [4.78, 5) is 23.8. The predicted octanol–water partition coefficient (Wildman–Crippen LogP) is 2.60. The van der Waals surface area contributed by atoms with Crippen LogP contribution in [0.3, 0.4) is 0 Å². The van der Waals surface area contributed by atoms with Crippen LogP contribution >= 0.6 is 11.8 Å². The van der Waals surface area contributed by atoms with Gasteiger partial charge in [0, 0.05) is 41.8 Å². The van der Waals surface area contributed by atoms with Crippen molar-refractivity contribution < 1.29 is 4.79 Å². The predicted molar refractivity (Wildman–Crippen MR) is 109 cm³/mol. The van der Waals surface area contributed by atoms with Crippen LogP contribution in [0.15, 0.2) is 35.5 Å². The number of carbonyl (C=O) groups excluding carboxylic acids is 1. The zero-order chi connectivity index (χ0) is 19.7. The van der Waals surface area contributed by atoms with Gasteiger partial charge in [-0.15, -0.1) is 5.10 Å². The zero-order valence-corrected chi connectivity index (χ0v) is 16.9. The van der Waals surface area contributed by atoms with E-state index in [1.165, 1.54) is 11.8 Å². The molecule has 0 atom stereocenters. The van der Waals surface area contributed by atoms with Gasteiger partial charge in [-0.3, -0.25) is 4.79 Å². The summed E-state index contributed by atoms with van der Waals surface area (Å²) in [5.41, 5.74) is 9.63. The highest BCUT2D eigenvalue weighted by Crippen LogP contribution is 2.24. The Balaban J connectivity index is 1.51. The molecular weight excluding hydrogens is 372 g/mol. The molecule has 146 valence electrons. The summed E-state index contributed by atoms with van der Waals surface area (Å²) in [5.74, 6) is 1.32. The van der Waals surface area contributed by atoms with Gasteiger partial charge in [0.05, 0.1) is 0 Å². The first kappa shape index (κ1) is 18.9. The van der Waals surface area contributed by atoms with Gasteiger partial charge in [0.2, 0.25) is 5.16 Å². The van der Waals surface area contributed by atoms with Gasteiger partial charge in [0.15, 0.2) is 0 Å². The lowest BCUT2D eigenvalue weighted by atomic mass is 10.0.